The Morgan fingerprint density at radius 2 is 1.13 bits per heavy atom. The third-order valence-electron chi connectivity index (χ3n) is 8.36. The average molecular weight is 661 g/mol. The number of nitrogens with two attached hydrogens (primary N) is 1. The van der Waals surface area contributed by atoms with Gasteiger partial charge in [0.1, 0.15) is 0 Å². The maximum absolute atomic E-state index is 12.7. The van der Waals surface area contributed by atoms with Crippen LogP contribution in [0.25, 0.3) is 0 Å². The molecule has 0 spiro atoms. The van der Waals surface area contributed by atoms with Gasteiger partial charge in [0.2, 0.25) is 5.91 Å². The van der Waals surface area contributed by atoms with E-state index in [1.165, 1.54) is 122 Å². The van der Waals surface area contributed by atoms with Gasteiger partial charge in [0, 0.05) is 13.0 Å². The number of aliphatic hydroxyl groups is 1. The maximum atomic E-state index is 12.7. The molecule has 0 saturated heterocycles. The molecular formula is C36H73N2O6P. The zero-order valence-electron chi connectivity index (χ0n) is 29.4. The Labute approximate surface area is 277 Å². The van der Waals surface area contributed by atoms with Crippen LogP contribution in [0, 0.1) is 0 Å². The first-order chi connectivity index (χ1) is 21.9. The van der Waals surface area contributed by atoms with Crippen LogP contribution >= 0.6 is 7.82 Å². The Morgan fingerprint density at radius 1 is 0.711 bits per heavy atom. The minimum atomic E-state index is -4.32. The zero-order chi connectivity index (χ0) is 33.3. The summed E-state index contributed by atoms with van der Waals surface area (Å²) in [6, 6.07) is -0.852. The van der Waals surface area contributed by atoms with E-state index < -0.39 is 20.0 Å². The molecule has 0 aromatic carbocycles. The van der Waals surface area contributed by atoms with E-state index in [-0.39, 0.29) is 25.7 Å². The van der Waals surface area contributed by atoms with Gasteiger partial charge in [-0.1, -0.05) is 167 Å². The highest BCUT2D eigenvalue weighted by Crippen LogP contribution is 2.43. The standard InChI is InChI=1S/C36H73N2O6P/c1-3-5-7-9-11-13-15-17-18-19-21-23-25-27-29-35(39)34(33-44-45(41,42)43-32-31-37)38-36(40)30-28-26-24-22-20-16-14-12-10-8-6-4-2/h27,29,34-35,39H,3-26,28,30-33,37H2,1-2H3,(H,38,40)(H,41,42)/b29-27+/t34-,35+/m0/s1. The molecule has 0 aromatic heterocycles. The number of unbranched alkanes of at least 4 members (excludes halogenated alkanes) is 23. The average Bonchev–Trinajstić information content (AvgIpc) is 3.02. The van der Waals surface area contributed by atoms with Gasteiger partial charge in [-0.25, -0.2) is 4.57 Å². The van der Waals surface area contributed by atoms with E-state index in [4.69, 9.17) is 14.8 Å². The lowest BCUT2D eigenvalue weighted by Gasteiger charge is -2.23. The van der Waals surface area contributed by atoms with Gasteiger partial charge in [-0.15, -0.1) is 0 Å². The molecule has 5 N–H and O–H groups in total. The van der Waals surface area contributed by atoms with Gasteiger partial charge >= 0.3 is 7.82 Å². The summed E-state index contributed by atoms with van der Waals surface area (Å²) in [6.45, 7) is 4.12. The van der Waals surface area contributed by atoms with Crippen LogP contribution in [0.3, 0.4) is 0 Å². The number of hydrogen-bond donors (Lipinski definition) is 4. The van der Waals surface area contributed by atoms with E-state index in [1.807, 2.05) is 6.08 Å². The molecule has 0 bridgehead atoms. The molecular weight excluding hydrogens is 587 g/mol. The molecule has 9 heteroatoms. The van der Waals surface area contributed by atoms with Crippen molar-refractivity contribution in [2.75, 3.05) is 19.8 Å². The Kier molecular flexibility index (Phi) is 32.6. The normalized spacial score (nSPS) is 14.5. The Hall–Kier alpha value is -0.760. The van der Waals surface area contributed by atoms with E-state index in [9.17, 15) is 19.4 Å². The Morgan fingerprint density at radius 3 is 1.58 bits per heavy atom. The molecule has 0 saturated carbocycles. The second kappa shape index (κ2) is 33.2. The summed E-state index contributed by atoms with van der Waals surface area (Å²) in [4.78, 5) is 22.5. The minimum absolute atomic E-state index is 0.0810. The van der Waals surface area contributed by atoms with Crippen molar-refractivity contribution >= 4 is 13.7 Å². The van der Waals surface area contributed by atoms with Crippen molar-refractivity contribution in [1.29, 1.82) is 0 Å². The molecule has 3 atom stereocenters. The fraction of sp³-hybridized carbons (Fsp3) is 0.917. The molecule has 0 heterocycles. The topological polar surface area (TPSA) is 131 Å². The van der Waals surface area contributed by atoms with Gasteiger partial charge < -0.3 is 21.1 Å². The van der Waals surface area contributed by atoms with Crippen LogP contribution in [0.15, 0.2) is 12.2 Å². The first-order valence-electron chi connectivity index (χ1n) is 18.8. The summed E-state index contributed by atoms with van der Waals surface area (Å²) in [5.41, 5.74) is 5.35. The number of hydrogen-bond acceptors (Lipinski definition) is 6. The monoisotopic (exact) mass is 661 g/mol. The summed E-state index contributed by atoms with van der Waals surface area (Å²) < 4.78 is 22.0. The first-order valence-corrected chi connectivity index (χ1v) is 20.3. The molecule has 0 rings (SSSR count). The van der Waals surface area contributed by atoms with Crippen molar-refractivity contribution in [1.82, 2.24) is 5.32 Å². The third-order valence-corrected chi connectivity index (χ3v) is 9.35. The first kappa shape index (κ1) is 44.2. The second-order valence-electron chi connectivity index (χ2n) is 12.8. The van der Waals surface area contributed by atoms with Crippen molar-refractivity contribution in [2.45, 2.75) is 193 Å². The second-order valence-corrected chi connectivity index (χ2v) is 14.2. The molecule has 0 fully saturated rings. The predicted molar refractivity (Wildman–Crippen MR) is 189 cm³/mol. The van der Waals surface area contributed by atoms with Crippen LogP contribution < -0.4 is 11.1 Å². The highest BCUT2D eigenvalue weighted by atomic mass is 31.2. The van der Waals surface area contributed by atoms with E-state index in [0.717, 1.165) is 38.5 Å². The van der Waals surface area contributed by atoms with E-state index >= 15 is 0 Å². The largest absolute Gasteiger partial charge is 0.472 e. The number of aliphatic hydroxyl groups excluding tert-OH is 1. The molecule has 8 nitrogen and oxygen atoms in total. The molecule has 1 unspecified atom stereocenters. The summed E-state index contributed by atoms with van der Waals surface area (Å²) >= 11 is 0. The zero-order valence-corrected chi connectivity index (χ0v) is 30.3. The minimum Gasteiger partial charge on any atom is -0.387 e. The van der Waals surface area contributed by atoms with Crippen LogP contribution in [-0.2, 0) is 18.4 Å². The van der Waals surface area contributed by atoms with Gasteiger partial charge in [0.05, 0.1) is 25.4 Å². The smallest absolute Gasteiger partial charge is 0.387 e. The number of phosphoric ester groups is 1. The van der Waals surface area contributed by atoms with Crippen molar-refractivity contribution in [3.63, 3.8) is 0 Å². The summed E-state index contributed by atoms with van der Waals surface area (Å²) in [7, 11) is -4.32. The lowest BCUT2D eigenvalue weighted by molar-refractivity contribution is -0.123. The van der Waals surface area contributed by atoms with Gasteiger partial charge in [-0.3, -0.25) is 13.8 Å². The van der Waals surface area contributed by atoms with E-state index in [0.29, 0.717) is 6.42 Å². The van der Waals surface area contributed by atoms with Crippen LogP contribution in [0.2, 0.25) is 0 Å². The maximum Gasteiger partial charge on any atom is 0.472 e. The molecule has 0 aliphatic rings. The number of amides is 1. The number of rotatable bonds is 35. The molecule has 1 amide bonds. The summed E-state index contributed by atoms with van der Waals surface area (Å²) in [5, 5.41) is 13.6. The number of carbonyl (C=O) groups is 1. The quantitative estimate of drug-likeness (QED) is 0.0302. The van der Waals surface area contributed by atoms with Gasteiger partial charge in [0.25, 0.3) is 0 Å². The van der Waals surface area contributed by atoms with Crippen LogP contribution in [0.1, 0.15) is 181 Å². The van der Waals surface area contributed by atoms with Gasteiger partial charge in [-0.2, -0.15) is 0 Å². The van der Waals surface area contributed by atoms with Crippen LogP contribution in [0.5, 0.6) is 0 Å². The molecule has 45 heavy (non-hydrogen) atoms. The third kappa shape index (κ3) is 31.6. The highest BCUT2D eigenvalue weighted by Gasteiger charge is 2.26. The summed E-state index contributed by atoms with van der Waals surface area (Å²) in [5.74, 6) is -0.195. The number of allylic oxidation sites excluding steroid dienone is 1. The highest BCUT2D eigenvalue weighted by molar-refractivity contribution is 7.47. The molecule has 0 aliphatic carbocycles. The molecule has 0 aliphatic heterocycles. The Bertz CT molecular complexity index is 724. The number of phosphoric acid groups is 1. The molecule has 0 aromatic rings. The predicted octanol–water partition coefficient (Wildman–Crippen LogP) is 9.66. The van der Waals surface area contributed by atoms with E-state index in [2.05, 4.69) is 19.2 Å². The SMILES string of the molecule is CCCCCCCCCCCCCC/C=C/[C@@H](O)[C@H](COP(=O)(O)OCCN)NC(=O)CCCCCCCCCCCCCC. The van der Waals surface area contributed by atoms with Crippen LogP contribution in [-0.4, -0.2) is 47.8 Å². The Balaban J connectivity index is 4.32. The lowest BCUT2D eigenvalue weighted by Crippen LogP contribution is -2.45. The van der Waals surface area contributed by atoms with Crippen LogP contribution in [0.4, 0.5) is 0 Å². The van der Waals surface area contributed by atoms with Crippen molar-refractivity contribution in [3.05, 3.63) is 12.2 Å². The van der Waals surface area contributed by atoms with Crippen molar-refractivity contribution in [3.8, 4) is 0 Å². The lowest BCUT2D eigenvalue weighted by atomic mass is 10.0. The fourth-order valence-corrected chi connectivity index (χ4v) is 6.24. The van der Waals surface area contributed by atoms with Crippen molar-refractivity contribution in [2.24, 2.45) is 5.73 Å². The van der Waals surface area contributed by atoms with Crippen molar-refractivity contribution < 1.29 is 28.4 Å². The number of carbonyl (C=O) groups excluding carboxylic acids is 1. The fourth-order valence-electron chi connectivity index (χ4n) is 5.48. The molecule has 0 radical (unpaired) electrons. The molecule has 268 valence electrons. The number of nitrogens with one attached hydrogen (secondary N) is 1. The van der Waals surface area contributed by atoms with Gasteiger partial charge in [-0.05, 0) is 19.3 Å². The summed E-state index contributed by atoms with van der Waals surface area (Å²) in [6.07, 6.45) is 33.9. The van der Waals surface area contributed by atoms with E-state index in [1.54, 1.807) is 6.08 Å². The van der Waals surface area contributed by atoms with Gasteiger partial charge in [0.15, 0.2) is 0 Å².